The van der Waals surface area contributed by atoms with Gasteiger partial charge < -0.3 is 10.2 Å². The highest BCUT2D eigenvalue weighted by Crippen LogP contribution is 2.13. The first kappa shape index (κ1) is 13.6. The molecule has 0 unspecified atom stereocenters. The topological polar surface area (TPSA) is 32.3 Å². The van der Waals surface area contributed by atoms with Gasteiger partial charge in [0.05, 0.1) is 0 Å². The number of hydrogen-bond acceptors (Lipinski definition) is 2. The fourth-order valence-electron chi connectivity index (χ4n) is 1.78. The lowest BCUT2D eigenvalue weighted by molar-refractivity contribution is 0.0706. The summed E-state index contributed by atoms with van der Waals surface area (Å²) in [5.41, 5.74) is 1.78. The van der Waals surface area contributed by atoms with E-state index in [-0.39, 0.29) is 11.9 Å². The molecule has 0 aliphatic rings. The van der Waals surface area contributed by atoms with Crippen LogP contribution < -0.4 is 5.32 Å². The quantitative estimate of drug-likeness (QED) is 0.849. The molecule has 1 aromatic rings. The van der Waals surface area contributed by atoms with Gasteiger partial charge >= 0.3 is 0 Å². The Morgan fingerprint density at radius 2 is 1.88 bits per heavy atom. The highest BCUT2D eigenvalue weighted by molar-refractivity contribution is 5.94. The van der Waals surface area contributed by atoms with Crippen molar-refractivity contribution < 1.29 is 4.79 Å². The van der Waals surface area contributed by atoms with Crippen molar-refractivity contribution in [1.82, 2.24) is 4.90 Å². The second-order valence-electron chi connectivity index (χ2n) is 4.42. The van der Waals surface area contributed by atoms with E-state index in [9.17, 15) is 4.79 Å². The van der Waals surface area contributed by atoms with E-state index >= 15 is 0 Å². The second-order valence-corrected chi connectivity index (χ2v) is 4.42. The average molecular weight is 234 g/mol. The molecule has 0 aliphatic heterocycles. The lowest BCUT2D eigenvalue weighted by atomic mass is 10.1. The Bertz CT molecular complexity index is 357. The Balaban J connectivity index is 2.85. The van der Waals surface area contributed by atoms with Gasteiger partial charge in [0.25, 0.3) is 5.91 Å². The fourth-order valence-corrected chi connectivity index (χ4v) is 1.78. The van der Waals surface area contributed by atoms with E-state index in [1.807, 2.05) is 36.2 Å². The van der Waals surface area contributed by atoms with Crippen LogP contribution in [-0.2, 0) is 0 Å². The monoisotopic (exact) mass is 234 g/mol. The summed E-state index contributed by atoms with van der Waals surface area (Å²) in [6.07, 6.45) is 0.985. The Labute approximate surface area is 104 Å². The van der Waals surface area contributed by atoms with Gasteiger partial charge in [-0.05, 0) is 44.5 Å². The number of benzene rings is 1. The van der Waals surface area contributed by atoms with E-state index in [0.29, 0.717) is 0 Å². The van der Waals surface area contributed by atoms with Crippen molar-refractivity contribution in [2.75, 3.05) is 18.9 Å². The SMILES string of the molecule is CCCN(C(=O)c1ccc(NC)cc1)C(C)C. The molecule has 0 fully saturated rings. The Hall–Kier alpha value is -1.51. The summed E-state index contributed by atoms with van der Waals surface area (Å²) in [6.45, 7) is 7.00. The molecule has 0 aliphatic carbocycles. The lowest BCUT2D eigenvalue weighted by Crippen LogP contribution is -2.37. The molecule has 0 aromatic heterocycles. The van der Waals surface area contributed by atoms with Crippen molar-refractivity contribution in [3.63, 3.8) is 0 Å². The molecule has 3 nitrogen and oxygen atoms in total. The summed E-state index contributed by atoms with van der Waals surface area (Å²) in [5, 5.41) is 3.05. The summed E-state index contributed by atoms with van der Waals surface area (Å²) in [7, 11) is 1.87. The maximum absolute atomic E-state index is 12.3. The van der Waals surface area contributed by atoms with E-state index in [1.54, 1.807) is 0 Å². The predicted octanol–water partition coefficient (Wildman–Crippen LogP) is 2.99. The van der Waals surface area contributed by atoms with Crippen LogP contribution in [0.3, 0.4) is 0 Å². The molecule has 1 aromatic carbocycles. The molecular formula is C14H22N2O. The van der Waals surface area contributed by atoms with Gasteiger partial charge in [-0.15, -0.1) is 0 Å². The normalized spacial score (nSPS) is 10.4. The first-order valence-corrected chi connectivity index (χ1v) is 6.19. The van der Waals surface area contributed by atoms with Gasteiger partial charge in [-0.2, -0.15) is 0 Å². The fraction of sp³-hybridized carbons (Fsp3) is 0.500. The van der Waals surface area contributed by atoms with Crippen molar-refractivity contribution in [3.05, 3.63) is 29.8 Å². The third kappa shape index (κ3) is 3.48. The van der Waals surface area contributed by atoms with Gasteiger partial charge in [0, 0.05) is 30.9 Å². The molecule has 1 amide bonds. The van der Waals surface area contributed by atoms with Gasteiger partial charge in [-0.25, -0.2) is 0 Å². The molecule has 0 atom stereocenters. The number of rotatable bonds is 5. The van der Waals surface area contributed by atoms with Crippen LogP contribution in [0.4, 0.5) is 5.69 Å². The van der Waals surface area contributed by atoms with Crippen LogP contribution in [0.25, 0.3) is 0 Å². The standard InChI is InChI=1S/C14H22N2O/c1-5-10-16(11(2)3)14(17)12-6-8-13(15-4)9-7-12/h6-9,11,15H,5,10H2,1-4H3. The Morgan fingerprint density at radius 1 is 1.29 bits per heavy atom. The van der Waals surface area contributed by atoms with Crippen molar-refractivity contribution in [2.45, 2.75) is 33.2 Å². The lowest BCUT2D eigenvalue weighted by Gasteiger charge is -2.26. The molecule has 1 N–H and O–H groups in total. The molecule has 0 radical (unpaired) electrons. The van der Waals surface area contributed by atoms with Gasteiger partial charge in [0.2, 0.25) is 0 Å². The number of nitrogens with zero attached hydrogens (tertiary/aromatic N) is 1. The molecule has 94 valence electrons. The van der Waals surface area contributed by atoms with Crippen molar-refractivity contribution >= 4 is 11.6 Å². The van der Waals surface area contributed by atoms with Crippen molar-refractivity contribution in [1.29, 1.82) is 0 Å². The summed E-state index contributed by atoms with van der Waals surface area (Å²) in [6, 6.07) is 7.85. The molecule has 0 saturated heterocycles. The number of amides is 1. The second kappa shape index (κ2) is 6.28. The van der Waals surface area contributed by atoms with Crippen LogP contribution in [0, 0.1) is 0 Å². The van der Waals surface area contributed by atoms with Gasteiger partial charge in [0.15, 0.2) is 0 Å². The first-order chi connectivity index (χ1) is 8.10. The summed E-state index contributed by atoms with van der Waals surface area (Å²) < 4.78 is 0. The molecule has 3 heteroatoms. The summed E-state index contributed by atoms with van der Waals surface area (Å²) >= 11 is 0. The van der Waals surface area contributed by atoms with Crippen LogP contribution >= 0.6 is 0 Å². The van der Waals surface area contributed by atoms with Crippen LogP contribution in [0.2, 0.25) is 0 Å². The summed E-state index contributed by atoms with van der Waals surface area (Å²) in [4.78, 5) is 14.2. The molecular weight excluding hydrogens is 212 g/mol. The van der Waals surface area contributed by atoms with Crippen LogP contribution in [0.5, 0.6) is 0 Å². The maximum Gasteiger partial charge on any atom is 0.254 e. The third-order valence-electron chi connectivity index (χ3n) is 2.77. The molecule has 1 rings (SSSR count). The third-order valence-corrected chi connectivity index (χ3v) is 2.77. The molecule has 0 spiro atoms. The number of anilines is 1. The highest BCUT2D eigenvalue weighted by Gasteiger charge is 2.17. The average Bonchev–Trinajstić information content (AvgIpc) is 2.35. The van der Waals surface area contributed by atoms with Crippen LogP contribution in [-0.4, -0.2) is 30.4 Å². The zero-order valence-corrected chi connectivity index (χ0v) is 11.2. The molecule has 0 saturated carbocycles. The van der Waals surface area contributed by atoms with Gasteiger partial charge in [-0.3, -0.25) is 4.79 Å². The minimum atomic E-state index is 0.115. The largest absolute Gasteiger partial charge is 0.388 e. The number of carbonyl (C=O) groups is 1. The maximum atomic E-state index is 12.3. The predicted molar refractivity (Wildman–Crippen MR) is 72.5 cm³/mol. The Morgan fingerprint density at radius 3 is 2.29 bits per heavy atom. The minimum absolute atomic E-state index is 0.115. The minimum Gasteiger partial charge on any atom is -0.388 e. The van der Waals surface area contributed by atoms with E-state index in [1.165, 1.54) is 0 Å². The van der Waals surface area contributed by atoms with Crippen molar-refractivity contribution in [3.8, 4) is 0 Å². The number of nitrogens with one attached hydrogen (secondary N) is 1. The zero-order chi connectivity index (χ0) is 12.8. The van der Waals surface area contributed by atoms with Gasteiger partial charge in [0.1, 0.15) is 0 Å². The van der Waals surface area contributed by atoms with Gasteiger partial charge in [-0.1, -0.05) is 6.92 Å². The summed E-state index contributed by atoms with van der Waals surface area (Å²) in [5.74, 6) is 0.115. The van der Waals surface area contributed by atoms with E-state index in [0.717, 1.165) is 24.2 Å². The van der Waals surface area contributed by atoms with Crippen LogP contribution in [0.1, 0.15) is 37.6 Å². The van der Waals surface area contributed by atoms with E-state index in [4.69, 9.17) is 0 Å². The highest BCUT2D eigenvalue weighted by atomic mass is 16.2. The molecule has 17 heavy (non-hydrogen) atoms. The van der Waals surface area contributed by atoms with Crippen LogP contribution in [0.15, 0.2) is 24.3 Å². The Kier molecular flexibility index (Phi) is 5.01. The molecule has 0 bridgehead atoms. The smallest absolute Gasteiger partial charge is 0.254 e. The number of carbonyl (C=O) groups excluding carboxylic acids is 1. The number of hydrogen-bond donors (Lipinski definition) is 1. The van der Waals surface area contributed by atoms with E-state index in [2.05, 4.69) is 26.1 Å². The van der Waals surface area contributed by atoms with Crippen molar-refractivity contribution in [2.24, 2.45) is 0 Å². The van der Waals surface area contributed by atoms with E-state index < -0.39 is 0 Å². The molecule has 0 heterocycles. The zero-order valence-electron chi connectivity index (χ0n) is 11.2. The first-order valence-electron chi connectivity index (χ1n) is 6.19.